The van der Waals surface area contributed by atoms with Gasteiger partial charge in [0.2, 0.25) is 0 Å². The van der Waals surface area contributed by atoms with Crippen molar-refractivity contribution in [3.05, 3.63) is 5.82 Å². The first-order valence-corrected chi connectivity index (χ1v) is 21.0. The highest BCUT2D eigenvalue weighted by molar-refractivity contribution is 6.69. The van der Waals surface area contributed by atoms with Gasteiger partial charge in [-0.15, -0.1) is 10.2 Å². The lowest BCUT2D eigenvalue weighted by Gasteiger charge is -2.66. The molecule has 0 aliphatic heterocycles. The summed E-state index contributed by atoms with van der Waals surface area (Å²) in [7, 11) is -1.75. The maximum Gasteiger partial charge on any atom is 0.313 e. The predicted molar refractivity (Wildman–Crippen MR) is 171 cm³/mol. The summed E-state index contributed by atoms with van der Waals surface area (Å²) in [6.07, 6.45) is 12.0. The molecule has 1 aromatic heterocycles. The average Bonchev–Trinajstić information content (AvgIpc) is 3.52. The van der Waals surface area contributed by atoms with E-state index in [9.17, 15) is 9.90 Å². The molecule has 0 radical (unpaired) electrons. The van der Waals surface area contributed by atoms with Gasteiger partial charge >= 0.3 is 5.97 Å². The van der Waals surface area contributed by atoms with Gasteiger partial charge in [-0.3, -0.25) is 4.79 Å². The number of rotatable bonds is 11. The lowest BCUT2D eigenvalue weighted by Crippen LogP contribution is -2.63. The minimum atomic E-state index is -1.75. The first-order chi connectivity index (χ1) is 20.3. The van der Waals surface area contributed by atoms with E-state index in [-0.39, 0.29) is 18.5 Å². The van der Waals surface area contributed by atoms with Crippen LogP contribution >= 0.6 is 0 Å². The van der Waals surface area contributed by atoms with Crippen LogP contribution in [0.4, 0.5) is 0 Å². The Morgan fingerprint density at radius 3 is 2.49 bits per heavy atom. The number of nitrogens with zero attached hydrogens (tertiary/aromatic N) is 4. The third-order valence-corrected chi connectivity index (χ3v) is 13.7. The zero-order valence-electron chi connectivity index (χ0n) is 28.3. The summed E-state index contributed by atoms with van der Waals surface area (Å²) >= 11 is 0. The standard InChI is InChI=1S/C34H60N4O4Si/c1-9-24-28-20-23(39)15-17-34(28,5)27-16-18-33(4)25(13-14-26(33)31(27)32(24)42-43(6,7)8)22(3)12-11-19-38-36-29(35-37-38)21-30(40)41-10-2/h22-28,31-32,39H,9-21H2,1-8H3/t22-,23-,24-,25-,26+,27+,28?,31+,32-,33-,34-/m1/s1. The van der Waals surface area contributed by atoms with E-state index in [1.165, 1.54) is 32.1 Å². The van der Waals surface area contributed by atoms with Crippen molar-refractivity contribution in [1.29, 1.82) is 0 Å². The number of tetrazole rings is 1. The third-order valence-electron chi connectivity index (χ3n) is 12.7. The molecule has 1 N–H and O–H groups in total. The summed E-state index contributed by atoms with van der Waals surface area (Å²) in [4.78, 5) is 13.4. The molecule has 4 fully saturated rings. The number of hydrogen-bond acceptors (Lipinski definition) is 7. The highest BCUT2D eigenvalue weighted by Gasteiger charge is 2.65. The highest BCUT2D eigenvalue weighted by Crippen LogP contribution is 2.70. The van der Waals surface area contributed by atoms with E-state index in [1.54, 1.807) is 11.7 Å². The van der Waals surface area contributed by atoms with Gasteiger partial charge in [-0.25, -0.2) is 0 Å². The molecule has 0 saturated heterocycles. The number of carbonyl (C=O) groups is 1. The molecule has 0 bridgehead atoms. The van der Waals surface area contributed by atoms with Crippen LogP contribution in [-0.2, 0) is 26.9 Å². The van der Waals surface area contributed by atoms with E-state index in [1.807, 2.05) is 0 Å². The molecule has 0 amide bonds. The van der Waals surface area contributed by atoms with E-state index >= 15 is 0 Å². The number of fused-ring (bicyclic) bond motifs is 5. The molecule has 43 heavy (non-hydrogen) atoms. The number of aliphatic hydroxyl groups excluding tert-OH is 1. The minimum absolute atomic E-state index is 0.0793. The van der Waals surface area contributed by atoms with Crippen molar-refractivity contribution in [1.82, 2.24) is 20.2 Å². The number of aryl methyl sites for hydroxylation is 1. The Morgan fingerprint density at radius 2 is 1.79 bits per heavy atom. The Hall–Kier alpha value is -1.32. The molecule has 5 rings (SSSR count). The second-order valence-electron chi connectivity index (χ2n) is 16.2. The zero-order chi connectivity index (χ0) is 31.2. The third kappa shape index (κ3) is 6.51. The van der Waals surface area contributed by atoms with Crippen LogP contribution in [0.2, 0.25) is 19.6 Å². The molecule has 0 aromatic carbocycles. The Balaban J connectivity index is 1.30. The number of esters is 1. The monoisotopic (exact) mass is 616 g/mol. The fourth-order valence-corrected chi connectivity index (χ4v) is 12.2. The van der Waals surface area contributed by atoms with Crippen molar-refractivity contribution in [2.75, 3.05) is 6.61 Å². The van der Waals surface area contributed by atoms with Crippen LogP contribution in [0.25, 0.3) is 0 Å². The van der Waals surface area contributed by atoms with Crippen molar-refractivity contribution >= 4 is 14.3 Å². The fourth-order valence-electron chi connectivity index (χ4n) is 11.0. The van der Waals surface area contributed by atoms with Crippen LogP contribution in [0, 0.1) is 52.3 Å². The van der Waals surface area contributed by atoms with E-state index in [2.05, 4.69) is 62.7 Å². The second-order valence-corrected chi connectivity index (χ2v) is 20.7. The Morgan fingerprint density at radius 1 is 1.07 bits per heavy atom. The topological polar surface area (TPSA) is 99.4 Å². The molecule has 1 heterocycles. The smallest absolute Gasteiger partial charge is 0.313 e. The van der Waals surface area contributed by atoms with Gasteiger partial charge in [0.05, 0.1) is 25.4 Å². The predicted octanol–water partition coefficient (Wildman–Crippen LogP) is 6.68. The van der Waals surface area contributed by atoms with E-state index < -0.39 is 8.32 Å². The van der Waals surface area contributed by atoms with Crippen molar-refractivity contribution < 1.29 is 19.1 Å². The second kappa shape index (κ2) is 12.8. The maximum absolute atomic E-state index is 11.8. The largest absolute Gasteiger partial charge is 0.466 e. The molecular formula is C34H60N4O4Si. The molecule has 1 unspecified atom stereocenters. The summed E-state index contributed by atoms with van der Waals surface area (Å²) in [5.74, 6) is 4.71. The maximum atomic E-state index is 11.8. The number of aromatic nitrogens is 4. The zero-order valence-corrected chi connectivity index (χ0v) is 29.3. The summed E-state index contributed by atoms with van der Waals surface area (Å²) in [6.45, 7) is 20.2. The highest BCUT2D eigenvalue weighted by atomic mass is 28.4. The van der Waals surface area contributed by atoms with Crippen LogP contribution in [0.1, 0.15) is 105 Å². The number of ether oxygens (including phenoxy) is 1. The van der Waals surface area contributed by atoms with Crippen molar-refractivity contribution in [3.63, 3.8) is 0 Å². The Labute approximate surface area is 261 Å². The van der Waals surface area contributed by atoms with E-state index in [0.29, 0.717) is 59.0 Å². The molecule has 11 atom stereocenters. The van der Waals surface area contributed by atoms with Crippen LogP contribution in [-0.4, -0.2) is 58.4 Å². The Kier molecular flexibility index (Phi) is 9.85. The first-order valence-electron chi connectivity index (χ1n) is 17.6. The van der Waals surface area contributed by atoms with Crippen molar-refractivity contribution in [3.8, 4) is 0 Å². The number of aliphatic hydroxyl groups is 1. The minimum Gasteiger partial charge on any atom is -0.466 e. The van der Waals surface area contributed by atoms with Gasteiger partial charge in [-0.1, -0.05) is 34.1 Å². The Bertz CT molecular complexity index is 1110. The lowest BCUT2D eigenvalue weighted by atomic mass is 9.41. The summed E-state index contributed by atoms with van der Waals surface area (Å²) in [5, 5.41) is 23.5. The van der Waals surface area contributed by atoms with Gasteiger partial charge in [0, 0.05) is 0 Å². The van der Waals surface area contributed by atoms with E-state index in [0.717, 1.165) is 50.5 Å². The lowest BCUT2D eigenvalue weighted by molar-refractivity contribution is -0.198. The van der Waals surface area contributed by atoms with Crippen LogP contribution in [0.3, 0.4) is 0 Å². The molecule has 1 aromatic rings. The molecule has 0 spiro atoms. The first kappa shape index (κ1) is 33.1. The number of hydrogen-bond donors (Lipinski definition) is 1. The van der Waals surface area contributed by atoms with Gasteiger partial charge < -0.3 is 14.3 Å². The number of carbonyl (C=O) groups excluding carboxylic acids is 1. The average molecular weight is 617 g/mol. The van der Waals surface area contributed by atoms with Crippen LogP contribution in [0.15, 0.2) is 0 Å². The summed E-state index contributed by atoms with van der Waals surface area (Å²) < 4.78 is 12.3. The molecule has 244 valence electrons. The molecule has 9 heteroatoms. The van der Waals surface area contributed by atoms with Crippen LogP contribution < -0.4 is 0 Å². The van der Waals surface area contributed by atoms with Crippen molar-refractivity contribution in [2.45, 2.75) is 144 Å². The molecule has 4 aliphatic rings. The quantitative estimate of drug-likeness (QED) is 0.219. The molecular weight excluding hydrogens is 556 g/mol. The summed E-state index contributed by atoms with van der Waals surface area (Å²) in [6, 6.07) is 0. The van der Waals surface area contributed by atoms with Crippen molar-refractivity contribution in [2.24, 2.45) is 52.3 Å². The summed E-state index contributed by atoms with van der Waals surface area (Å²) in [5.41, 5.74) is 0.682. The molecule has 8 nitrogen and oxygen atoms in total. The normalized spacial score (nSPS) is 39.9. The fraction of sp³-hybridized carbons (Fsp3) is 0.941. The van der Waals surface area contributed by atoms with Gasteiger partial charge in [0.15, 0.2) is 14.1 Å². The molecule has 4 aliphatic carbocycles. The van der Waals surface area contributed by atoms with Gasteiger partial charge in [0.25, 0.3) is 0 Å². The van der Waals surface area contributed by atoms with E-state index in [4.69, 9.17) is 9.16 Å². The van der Waals surface area contributed by atoms with Gasteiger partial charge in [-0.05, 0) is 142 Å². The molecule has 4 saturated carbocycles. The van der Waals surface area contributed by atoms with Crippen LogP contribution in [0.5, 0.6) is 0 Å². The SMILES string of the molecule is CCOC(=O)Cc1nnn(CCC[C@@H](C)[C@H]2CC[C@H]3[C@@H]4[C@H](O[Si](C)(C)C)[C@H](CC)C5C[C@H](O)CC[C@]5(C)[C@H]4CC[C@]23C)n1. The van der Waals surface area contributed by atoms with Gasteiger partial charge in [-0.2, -0.15) is 4.80 Å². The van der Waals surface area contributed by atoms with Gasteiger partial charge in [0.1, 0.15) is 6.42 Å².